The van der Waals surface area contributed by atoms with Crippen LogP contribution in [0, 0.1) is 6.92 Å². The number of aromatic nitrogens is 3. The van der Waals surface area contributed by atoms with Crippen molar-refractivity contribution in [3.8, 4) is 0 Å². The summed E-state index contributed by atoms with van der Waals surface area (Å²) in [5.74, 6) is 0.731. The Balaban J connectivity index is 1.53. The van der Waals surface area contributed by atoms with Crippen molar-refractivity contribution in [2.24, 2.45) is 0 Å². The van der Waals surface area contributed by atoms with E-state index < -0.39 is 0 Å². The normalized spacial score (nSPS) is 14.9. The molecule has 1 aromatic carbocycles. The van der Waals surface area contributed by atoms with E-state index in [0.717, 1.165) is 37.4 Å². The summed E-state index contributed by atoms with van der Waals surface area (Å²) in [4.78, 5) is 14.8. The summed E-state index contributed by atoms with van der Waals surface area (Å²) in [6.07, 6.45) is 4.89. The molecule has 0 saturated carbocycles. The van der Waals surface area contributed by atoms with E-state index in [-0.39, 0.29) is 0 Å². The van der Waals surface area contributed by atoms with E-state index >= 15 is 0 Å². The lowest BCUT2D eigenvalue weighted by atomic mass is 10.0. The molecule has 124 valence electrons. The van der Waals surface area contributed by atoms with Gasteiger partial charge in [-0.05, 0) is 24.6 Å². The first-order chi connectivity index (χ1) is 11.7. The number of H-pyrrole nitrogens is 1. The third-order valence-electron chi connectivity index (χ3n) is 4.65. The van der Waals surface area contributed by atoms with Gasteiger partial charge in [0.05, 0.1) is 0 Å². The number of aryl methyl sites for hydroxylation is 1. The van der Waals surface area contributed by atoms with Gasteiger partial charge in [0.15, 0.2) is 5.82 Å². The molecule has 0 atom stereocenters. The Morgan fingerprint density at radius 3 is 2.88 bits per heavy atom. The number of nitrogens with one attached hydrogen (secondary N) is 1. The second kappa shape index (κ2) is 6.34. The zero-order valence-corrected chi connectivity index (χ0v) is 14.2. The van der Waals surface area contributed by atoms with Gasteiger partial charge in [0.25, 0.3) is 0 Å². The van der Waals surface area contributed by atoms with E-state index in [9.17, 15) is 0 Å². The molecule has 0 fully saturated rings. The van der Waals surface area contributed by atoms with Crippen LogP contribution in [0.15, 0.2) is 30.6 Å². The van der Waals surface area contributed by atoms with Gasteiger partial charge in [0.1, 0.15) is 6.61 Å². The SMILES string of the molecule is COCc1ncc(CN2CCc3[nH]c4ccc(C)cc4c3C2)cn1. The van der Waals surface area contributed by atoms with Crippen LogP contribution in [0.4, 0.5) is 0 Å². The van der Waals surface area contributed by atoms with Gasteiger partial charge in [0, 0.05) is 67.7 Å². The standard InChI is InChI=1S/C19H22N4O/c1-13-3-4-17-15(7-13)16-11-23(6-5-18(16)22-17)10-14-8-20-19(12-24-2)21-9-14/h3-4,7-9,22H,5-6,10-12H2,1-2H3. The van der Waals surface area contributed by atoms with Gasteiger partial charge in [-0.3, -0.25) is 4.90 Å². The minimum absolute atomic E-state index is 0.460. The third-order valence-corrected chi connectivity index (χ3v) is 4.65. The van der Waals surface area contributed by atoms with Gasteiger partial charge < -0.3 is 9.72 Å². The Kier molecular flexibility index (Phi) is 4.04. The predicted octanol–water partition coefficient (Wildman–Crippen LogP) is 2.97. The lowest BCUT2D eigenvalue weighted by Crippen LogP contribution is -2.29. The Labute approximate surface area is 141 Å². The summed E-state index contributed by atoms with van der Waals surface area (Å²) in [5, 5.41) is 1.36. The molecule has 1 N–H and O–H groups in total. The average Bonchev–Trinajstić information content (AvgIpc) is 2.94. The quantitative estimate of drug-likeness (QED) is 0.802. The average molecular weight is 322 g/mol. The van der Waals surface area contributed by atoms with Gasteiger partial charge in [-0.25, -0.2) is 9.97 Å². The maximum atomic E-state index is 5.06. The lowest BCUT2D eigenvalue weighted by molar-refractivity contribution is 0.177. The number of hydrogen-bond donors (Lipinski definition) is 1. The fraction of sp³-hybridized carbons (Fsp3) is 0.368. The highest BCUT2D eigenvalue weighted by atomic mass is 16.5. The van der Waals surface area contributed by atoms with Crippen molar-refractivity contribution in [1.29, 1.82) is 0 Å². The minimum Gasteiger partial charge on any atom is -0.377 e. The molecule has 5 heteroatoms. The maximum Gasteiger partial charge on any atom is 0.153 e. The monoisotopic (exact) mass is 322 g/mol. The van der Waals surface area contributed by atoms with Gasteiger partial charge in [-0.15, -0.1) is 0 Å². The first-order valence-electron chi connectivity index (χ1n) is 8.34. The number of rotatable bonds is 4. The van der Waals surface area contributed by atoms with Crippen LogP contribution in [0.1, 0.15) is 28.2 Å². The molecule has 1 aliphatic rings. The number of methoxy groups -OCH3 is 1. The van der Waals surface area contributed by atoms with E-state index in [2.05, 4.69) is 45.0 Å². The zero-order valence-electron chi connectivity index (χ0n) is 14.2. The maximum absolute atomic E-state index is 5.06. The predicted molar refractivity (Wildman–Crippen MR) is 93.6 cm³/mol. The minimum atomic E-state index is 0.460. The van der Waals surface area contributed by atoms with Crippen molar-refractivity contribution >= 4 is 10.9 Å². The summed E-state index contributed by atoms with van der Waals surface area (Å²) >= 11 is 0. The van der Waals surface area contributed by atoms with Crippen LogP contribution in [0.3, 0.4) is 0 Å². The highest BCUT2D eigenvalue weighted by Gasteiger charge is 2.20. The van der Waals surface area contributed by atoms with E-state index in [1.807, 2.05) is 12.4 Å². The Morgan fingerprint density at radius 1 is 1.25 bits per heavy atom. The highest BCUT2D eigenvalue weighted by molar-refractivity contribution is 5.85. The number of nitrogens with zero attached hydrogens (tertiary/aromatic N) is 3. The fourth-order valence-electron chi connectivity index (χ4n) is 3.44. The smallest absolute Gasteiger partial charge is 0.153 e. The summed E-state index contributed by atoms with van der Waals surface area (Å²) in [6.45, 7) is 5.52. The second-order valence-corrected chi connectivity index (χ2v) is 6.53. The number of ether oxygens (including phenoxy) is 1. The van der Waals surface area contributed by atoms with Crippen molar-refractivity contribution in [1.82, 2.24) is 19.9 Å². The number of hydrogen-bond acceptors (Lipinski definition) is 4. The highest BCUT2D eigenvalue weighted by Crippen LogP contribution is 2.29. The number of fused-ring (bicyclic) bond motifs is 3. The van der Waals surface area contributed by atoms with Crippen molar-refractivity contribution in [2.45, 2.75) is 33.0 Å². The summed E-state index contributed by atoms with van der Waals surface area (Å²) < 4.78 is 5.06. The van der Waals surface area contributed by atoms with Gasteiger partial charge in [-0.1, -0.05) is 11.6 Å². The molecule has 0 amide bonds. The van der Waals surface area contributed by atoms with E-state index in [0.29, 0.717) is 6.61 Å². The van der Waals surface area contributed by atoms with Crippen LogP contribution in [0.25, 0.3) is 10.9 Å². The van der Waals surface area contributed by atoms with Gasteiger partial charge in [-0.2, -0.15) is 0 Å². The zero-order chi connectivity index (χ0) is 16.5. The third kappa shape index (κ3) is 2.92. The Bertz CT molecular complexity index is 854. The molecule has 3 heterocycles. The molecular formula is C19H22N4O. The molecule has 0 spiro atoms. The van der Waals surface area contributed by atoms with Crippen molar-refractivity contribution in [2.75, 3.05) is 13.7 Å². The van der Waals surface area contributed by atoms with Crippen LogP contribution in [0.5, 0.6) is 0 Å². The molecule has 0 bridgehead atoms. The van der Waals surface area contributed by atoms with Gasteiger partial charge in [0.2, 0.25) is 0 Å². The van der Waals surface area contributed by atoms with Gasteiger partial charge >= 0.3 is 0 Å². The molecule has 1 aliphatic heterocycles. The molecule has 0 saturated heterocycles. The molecule has 2 aromatic heterocycles. The van der Waals surface area contributed by atoms with E-state index in [1.165, 1.54) is 27.7 Å². The van der Waals surface area contributed by atoms with Crippen LogP contribution >= 0.6 is 0 Å². The van der Waals surface area contributed by atoms with E-state index in [1.54, 1.807) is 7.11 Å². The summed E-state index contributed by atoms with van der Waals surface area (Å²) in [5.41, 5.74) is 6.54. The van der Waals surface area contributed by atoms with Crippen LogP contribution in [-0.2, 0) is 30.9 Å². The first kappa shape index (κ1) is 15.3. The molecular weight excluding hydrogens is 300 g/mol. The largest absolute Gasteiger partial charge is 0.377 e. The molecule has 5 nitrogen and oxygen atoms in total. The fourth-order valence-corrected chi connectivity index (χ4v) is 3.44. The Hall–Kier alpha value is -2.24. The number of benzene rings is 1. The molecule has 3 aromatic rings. The molecule has 0 unspecified atom stereocenters. The molecule has 0 radical (unpaired) electrons. The van der Waals surface area contributed by atoms with Crippen LogP contribution < -0.4 is 0 Å². The summed E-state index contributed by atoms with van der Waals surface area (Å²) in [6, 6.07) is 6.65. The summed E-state index contributed by atoms with van der Waals surface area (Å²) in [7, 11) is 1.66. The first-order valence-corrected chi connectivity index (χ1v) is 8.34. The van der Waals surface area contributed by atoms with Crippen molar-refractivity contribution < 1.29 is 4.74 Å². The van der Waals surface area contributed by atoms with E-state index in [4.69, 9.17) is 4.74 Å². The Morgan fingerprint density at radius 2 is 2.08 bits per heavy atom. The van der Waals surface area contributed by atoms with Crippen LogP contribution in [-0.4, -0.2) is 33.5 Å². The lowest BCUT2D eigenvalue weighted by Gasteiger charge is -2.27. The molecule has 24 heavy (non-hydrogen) atoms. The van der Waals surface area contributed by atoms with Crippen LogP contribution in [0.2, 0.25) is 0 Å². The second-order valence-electron chi connectivity index (χ2n) is 6.53. The van der Waals surface area contributed by atoms with Crippen molar-refractivity contribution in [3.63, 3.8) is 0 Å². The molecule has 0 aliphatic carbocycles. The topological polar surface area (TPSA) is 54.0 Å². The number of aromatic amines is 1. The molecule has 4 rings (SSSR count). The van der Waals surface area contributed by atoms with Crippen molar-refractivity contribution in [3.05, 3.63) is 58.8 Å².